The van der Waals surface area contributed by atoms with Crippen molar-refractivity contribution in [1.82, 2.24) is 14.5 Å². The van der Waals surface area contributed by atoms with Gasteiger partial charge in [0, 0.05) is 61.6 Å². The van der Waals surface area contributed by atoms with Gasteiger partial charge in [-0.3, -0.25) is 19.0 Å². The number of aromatic nitrogens is 2. The van der Waals surface area contributed by atoms with E-state index in [0.717, 1.165) is 61.6 Å². The zero-order valence-electron chi connectivity index (χ0n) is 30.6. The molecule has 0 saturated heterocycles. The molecule has 3 aromatic rings. The van der Waals surface area contributed by atoms with E-state index >= 15 is 0 Å². The molecule has 2 amide bonds. The number of hydrogen-bond donors (Lipinski definition) is 1. The fraction of sp³-hybridized carbons (Fsp3) is 0.525. The number of benzene rings is 2. The highest BCUT2D eigenvalue weighted by molar-refractivity contribution is 7.93. The quantitative estimate of drug-likeness (QED) is 0.284. The van der Waals surface area contributed by atoms with E-state index in [0.29, 0.717) is 42.6 Å². The summed E-state index contributed by atoms with van der Waals surface area (Å²) >= 11 is 6.47. The summed E-state index contributed by atoms with van der Waals surface area (Å²) in [6.45, 7) is 5.80. The molecular weight excluding hydrogens is 698 g/mol. The van der Waals surface area contributed by atoms with Crippen molar-refractivity contribution in [1.29, 1.82) is 0 Å². The second-order valence-electron chi connectivity index (χ2n) is 15.3. The number of amides is 2. The van der Waals surface area contributed by atoms with Crippen molar-refractivity contribution in [2.75, 3.05) is 31.7 Å². The minimum Gasteiger partial charge on any atom is -0.490 e. The number of allylic oxidation sites excluding steroid dienone is 1. The molecule has 2 aromatic carbocycles. The molecule has 1 saturated carbocycles. The van der Waals surface area contributed by atoms with Gasteiger partial charge in [-0.2, -0.15) is 5.10 Å². The number of carbonyl (C=O) groups excluding carboxylic acids is 2. The predicted molar refractivity (Wildman–Crippen MR) is 204 cm³/mol. The molecule has 1 aromatic heterocycles. The van der Waals surface area contributed by atoms with Gasteiger partial charge in [0.25, 0.3) is 5.91 Å². The zero-order chi connectivity index (χ0) is 36.6. The van der Waals surface area contributed by atoms with Crippen LogP contribution in [0.3, 0.4) is 0 Å². The summed E-state index contributed by atoms with van der Waals surface area (Å²) < 4.78 is 36.4. The molecule has 2 aliphatic heterocycles. The summed E-state index contributed by atoms with van der Waals surface area (Å²) in [5.74, 6) is 0.230. The van der Waals surface area contributed by atoms with Crippen LogP contribution in [0.4, 0.5) is 5.69 Å². The first kappa shape index (κ1) is 36.7. The number of nitrogens with one attached hydrogen (secondary N) is 1. The van der Waals surface area contributed by atoms with Crippen molar-refractivity contribution in [3.63, 3.8) is 0 Å². The van der Waals surface area contributed by atoms with E-state index < -0.39 is 27.0 Å². The first-order valence-electron chi connectivity index (χ1n) is 18.6. The third kappa shape index (κ3) is 7.28. The smallest absolute Gasteiger partial charge is 0.286 e. The van der Waals surface area contributed by atoms with Crippen LogP contribution in [-0.2, 0) is 44.8 Å². The highest BCUT2D eigenvalue weighted by atomic mass is 35.5. The molecule has 1 fully saturated rings. The Morgan fingerprint density at radius 3 is 2.77 bits per heavy atom. The third-order valence-corrected chi connectivity index (χ3v) is 14.7. The Balaban J connectivity index is 1.28. The Morgan fingerprint density at radius 1 is 1.17 bits per heavy atom. The second kappa shape index (κ2) is 15.0. The summed E-state index contributed by atoms with van der Waals surface area (Å²) in [6.07, 6.45) is 12.1. The molecule has 10 nitrogen and oxygen atoms in total. The summed E-state index contributed by atoms with van der Waals surface area (Å²) in [5.41, 5.74) is 4.30. The number of carbonyl (C=O) groups is 2. The number of ether oxygens (including phenoxy) is 2. The largest absolute Gasteiger partial charge is 0.490 e. The molecule has 1 N–H and O–H groups in total. The number of methoxy groups -OCH3 is 1. The van der Waals surface area contributed by atoms with Gasteiger partial charge in [0.2, 0.25) is 5.91 Å². The predicted octanol–water partition coefficient (Wildman–Crippen LogP) is 6.84. The second-order valence-corrected chi connectivity index (χ2v) is 18.0. The molecule has 3 heterocycles. The van der Waals surface area contributed by atoms with E-state index in [9.17, 15) is 13.8 Å². The van der Waals surface area contributed by atoms with Crippen LogP contribution in [0.1, 0.15) is 79.6 Å². The highest BCUT2D eigenvalue weighted by Crippen LogP contribution is 2.47. The van der Waals surface area contributed by atoms with Crippen LogP contribution in [0.15, 0.2) is 65.2 Å². The van der Waals surface area contributed by atoms with Crippen LogP contribution in [0.25, 0.3) is 0 Å². The Kier molecular flexibility index (Phi) is 10.6. The molecular formula is C40H50ClN5O5S. The maximum Gasteiger partial charge on any atom is 0.286 e. The summed E-state index contributed by atoms with van der Waals surface area (Å²) in [5, 5.41) is 4.30. The normalized spacial score (nSPS) is 30.9. The average Bonchev–Trinajstić information content (AvgIpc) is 3.46. The first-order chi connectivity index (χ1) is 25.0. The minimum absolute atomic E-state index is 0.0583. The number of aryl methyl sites for hydroxylation is 3. The van der Waals surface area contributed by atoms with Gasteiger partial charge in [0.1, 0.15) is 15.7 Å². The molecule has 2 bridgehead atoms. The molecule has 0 radical (unpaired) electrons. The third-order valence-electron chi connectivity index (χ3n) is 12.1. The number of hydrogen-bond acceptors (Lipinski definition) is 7. The van der Waals surface area contributed by atoms with Crippen molar-refractivity contribution >= 4 is 39.0 Å². The molecule has 52 heavy (non-hydrogen) atoms. The molecule has 1 unspecified atom stereocenters. The Hall–Kier alpha value is -3.67. The van der Waals surface area contributed by atoms with Gasteiger partial charge in [-0.1, -0.05) is 36.7 Å². The average molecular weight is 748 g/mol. The van der Waals surface area contributed by atoms with Crippen molar-refractivity contribution in [2.45, 2.75) is 82.0 Å². The van der Waals surface area contributed by atoms with Gasteiger partial charge >= 0.3 is 0 Å². The van der Waals surface area contributed by atoms with Crippen LogP contribution in [0.5, 0.6) is 5.75 Å². The van der Waals surface area contributed by atoms with Crippen molar-refractivity contribution in [3.8, 4) is 5.75 Å². The fourth-order valence-corrected chi connectivity index (χ4v) is 10.7. The lowest BCUT2D eigenvalue weighted by molar-refractivity contribution is -0.119. The number of anilines is 1. The molecule has 7 atom stereocenters. The van der Waals surface area contributed by atoms with E-state index in [1.54, 1.807) is 31.0 Å². The van der Waals surface area contributed by atoms with E-state index in [1.165, 1.54) is 11.1 Å². The van der Waals surface area contributed by atoms with Gasteiger partial charge in [0.05, 0.1) is 23.6 Å². The lowest BCUT2D eigenvalue weighted by Gasteiger charge is -2.46. The summed E-state index contributed by atoms with van der Waals surface area (Å²) in [4.78, 5) is 29.9. The fourth-order valence-electron chi connectivity index (χ4n) is 8.59. The van der Waals surface area contributed by atoms with Crippen LogP contribution in [0.2, 0.25) is 5.02 Å². The van der Waals surface area contributed by atoms with Crippen molar-refractivity contribution in [3.05, 3.63) is 88.2 Å². The Labute approximate surface area is 312 Å². The first-order valence-corrected chi connectivity index (χ1v) is 20.5. The van der Waals surface area contributed by atoms with Crippen LogP contribution in [-0.4, -0.2) is 64.0 Å². The standard InChI is InChI=1S/C40H50ClN5O5S/c1-26-7-5-9-36(50-4)33-14-10-30(33)23-46-24-40(19-6-8-28-21-31(41)12-15-34(28)40)25-51-37-16-11-29(22-35(37)46)39(48)44-52(49,27(26)2)43-38(47)17-13-32-18-20-42-45(32)3/h5,9,11-12,15-16,18,20-22,26-27,30,33,36H,6-8,10,13-14,17,19,23-25H2,1-4H3,(H,43,44,47,48,49)/b9-5+/t26-,27+,30-,33+,36-,40-,52?/m0/s1. The topological polar surface area (TPSA) is 115 Å². The van der Waals surface area contributed by atoms with Gasteiger partial charge in [-0.15, -0.1) is 4.36 Å². The monoisotopic (exact) mass is 747 g/mol. The number of rotatable bonds is 5. The van der Waals surface area contributed by atoms with Crippen molar-refractivity contribution < 1.29 is 23.3 Å². The van der Waals surface area contributed by atoms with Crippen LogP contribution in [0, 0.1) is 17.8 Å². The highest BCUT2D eigenvalue weighted by Gasteiger charge is 2.44. The maximum absolute atomic E-state index is 14.8. The molecule has 2 aliphatic carbocycles. The molecule has 12 heteroatoms. The van der Waals surface area contributed by atoms with E-state index in [1.807, 2.05) is 38.2 Å². The summed E-state index contributed by atoms with van der Waals surface area (Å²) in [7, 11) is 0.0480. The van der Waals surface area contributed by atoms with E-state index in [4.69, 9.17) is 21.1 Å². The Morgan fingerprint density at radius 2 is 2.02 bits per heavy atom. The van der Waals surface area contributed by atoms with Gasteiger partial charge in [-0.05, 0) is 117 Å². The number of nitrogens with zero attached hydrogens (tertiary/aromatic N) is 4. The van der Waals surface area contributed by atoms with Crippen molar-refractivity contribution in [2.24, 2.45) is 29.2 Å². The number of halogens is 1. The van der Waals surface area contributed by atoms with Crippen LogP contribution < -0.4 is 14.4 Å². The van der Waals surface area contributed by atoms with Gasteiger partial charge < -0.3 is 14.4 Å². The van der Waals surface area contributed by atoms with E-state index in [2.05, 4.69) is 43.4 Å². The zero-order valence-corrected chi connectivity index (χ0v) is 32.1. The van der Waals surface area contributed by atoms with Gasteiger partial charge in [0.15, 0.2) is 0 Å². The summed E-state index contributed by atoms with van der Waals surface area (Å²) in [6, 6.07) is 13.5. The molecule has 7 rings (SSSR count). The molecule has 4 aliphatic rings. The molecule has 1 spiro atoms. The molecule has 278 valence electrons. The van der Waals surface area contributed by atoms with Crippen LogP contribution >= 0.6 is 11.6 Å². The number of fused-ring (bicyclic) bond motifs is 4. The van der Waals surface area contributed by atoms with E-state index in [-0.39, 0.29) is 23.9 Å². The Bertz CT molecular complexity index is 1990. The van der Waals surface area contributed by atoms with Gasteiger partial charge in [-0.25, -0.2) is 4.21 Å². The minimum atomic E-state index is -3.54. The maximum atomic E-state index is 14.8. The SMILES string of the molecule is CO[C@H]1/C=C/C[C@H](C)[C@@H](C)S(=O)(NC(=O)CCc2ccnn2C)=NC(=O)c2ccc3c(c2)N(C[C@@H]2CC[C@H]21)C[C@@]1(CCCc2cc(Cl)ccc21)CO3. The lowest BCUT2D eigenvalue weighted by atomic mass is 9.68. The lowest BCUT2D eigenvalue weighted by Crippen LogP contribution is -2.49.